The highest BCUT2D eigenvalue weighted by molar-refractivity contribution is 7.89. The molecule has 2 rings (SSSR count). The lowest BCUT2D eigenvalue weighted by Gasteiger charge is -2.24. The summed E-state index contributed by atoms with van der Waals surface area (Å²) in [5, 5.41) is 0.364. The van der Waals surface area contributed by atoms with E-state index < -0.39 is 10.0 Å². The Balaban J connectivity index is 2.17. The van der Waals surface area contributed by atoms with Gasteiger partial charge in [0.2, 0.25) is 10.0 Å². The highest BCUT2D eigenvalue weighted by atomic mass is 35.5. The maximum atomic E-state index is 12.5. The van der Waals surface area contributed by atoms with Crippen molar-refractivity contribution >= 4 is 21.6 Å². The minimum Gasteiger partial charge on any atom is -0.495 e. The second kappa shape index (κ2) is 6.12. The number of likely N-dealkylation sites (tertiary alicyclic amines) is 1. The van der Waals surface area contributed by atoms with Crippen molar-refractivity contribution in [2.45, 2.75) is 18.2 Å². The molecule has 1 N–H and O–H groups in total. The molecular weight excluding hydrogens is 312 g/mol. The molecule has 1 aromatic carbocycles. The molecule has 21 heavy (non-hydrogen) atoms. The van der Waals surface area contributed by atoms with Gasteiger partial charge in [0.25, 0.3) is 0 Å². The molecule has 1 atom stereocenters. The van der Waals surface area contributed by atoms with Crippen LogP contribution in [0, 0.1) is 5.41 Å². The Kier molecular flexibility index (Phi) is 4.82. The topological polar surface area (TPSA) is 58.6 Å². The molecule has 0 amide bonds. The van der Waals surface area contributed by atoms with Crippen LogP contribution < -0.4 is 9.46 Å². The summed E-state index contributed by atoms with van der Waals surface area (Å²) < 4.78 is 32.8. The molecule has 0 unspecified atom stereocenters. The quantitative estimate of drug-likeness (QED) is 0.895. The zero-order chi connectivity index (χ0) is 15.7. The van der Waals surface area contributed by atoms with E-state index in [1.165, 1.54) is 13.2 Å². The Hall–Kier alpha value is -0.820. The van der Waals surface area contributed by atoms with E-state index in [2.05, 4.69) is 16.5 Å². The van der Waals surface area contributed by atoms with Crippen molar-refractivity contribution in [3.63, 3.8) is 0 Å². The van der Waals surface area contributed by atoms with Crippen molar-refractivity contribution in [2.75, 3.05) is 33.8 Å². The minimum atomic E-state index is -3.65. The van der Waals surface area contributed by atoms with Crippen molar-refractivity contribution in [3.05, 3.63) is 23.2 Å². The molecule has 0 bridgehead atoms. The van der Waals surface area contributed by atoms with Gasteiger partial charge in [-0.2, -0.15) is 0 Å². The van der Waals surface area contributed by atoms with Gasteiger partial charge >= 0.3 is 0 Å². The number of benzene rings is 1. The van der Waals surface area contributed by atoms with E-state index in [-0.39, 0.29) is 10.3 Å². The zero-order valence-corrected chi connectivity index (χ0v) is 14.1. The van der Waals surface area contributed by atoms with Crippen molar-refractivity contribution in [3.8, 4) is 5.75 Å². The fourth-order valence-corrected chi connectivity index (χ4v) is 4.25. The third kappa shape index (κ3) is 3.88. The van der Waals surface area contributed by atoms with E-state index in [4.69, 9.17) is 16.3 Å². The SMILES string of the molecule is COc1ccc(Cl)cc1S(=O)(=O)NC[C@]1(C)CCN(C)C1. The maximum absolute atomic E-state index is 12.5. The number of nitrogens with one attached hydrogen (secondary N) is 1. The fourth-order valence-electron chi connectivity index (χ4n) is 2.62. The first-order valence-corrected chi connectivity index (χ1v) is 8.64. The first-order valence-electron chi connectivity index (χ1n) is 6.77. The van der Waals surface area contributed by atoms with Gasteiger partial charge in [-0.25, -0.2) is 13.1 Å². The number of ether oxygens (including phenoxy) is 1. The Morgan fingerprint density at radius 2 is 2.19 bits per heavy atom. The van der Waals surface area contributed by atoms with Gasteiger partial charge in [-0.15, -0.1) is 0 Å². The number of hydrogen-bond donors (Lipinski definition) is 1. The summed E-state index contributed by atoms with van der Waals surface area (Å²) in [6, 6.07) is 4.57. The van der Waals surface area contributed by atoms with Crippen molar-refractivity contribution in [1.82, 2.24) is 9.62 Å². The van der Waals surface area contributed by atoms with Crippen LogP contribution in [0.4, 0.5) is 0 Å². The van der Waals surface area contributed by atoms with Gasteiger partial charge in [0.15, 0.2) is 0 Å². The lowest BCUT2D eigenvalue weighted by molar-refractivity contribution is 0.309. The second-order valence-corrected chi connectivity index (χ2v) is 8.09. The van der Waals surface area contributed by atoms with Crippen LogP contribution in [0.15, 0.2) is 23.1 Å². The van der Waals surface area contributed by atoms with Crippen LogP contribution >= 0.6 is 11.6 Å². The Morgan fingerprint density at radius 1 is 1.48 bits per heavy atom. The van der Waals surface area contributed by atoms with Crippen LogP contribution in [0.25, 0.3) is 0 Å². The molecule has 118 valence electrons. The zero-order valence-electron chi connectivity index (χ0n) is 12.5. The molecule has 0 aliphatic carbocycles. The van der Waals surface area contributed by atoms with Gasteiger partial charge in [0.05, 0.1) is 7.11 Å². The third-order valence-corrected chi connectivity index (χ3v) is 5.51. The fraction of sp³-hybridized carbons (Fsp3) is 0.571. The summed E-state index contributed by atoms with van der Waals surface area (Å²) in [5.41, 5.74) is -0.0480. The predicted octanol–water partition coefficient (Wildman–Crippen LogP) is 1.97. The van der Waals surface area contributed by atoms with E-state index >= 15 is 0 Å². The van der Waals surface area contributed by atoms with E-state index in [9.17, 15) is 8.42 Å². The smallest absolute Gasteiger partial charge is 0.244 e. The Bertz CT molecular complexity index is 621. The minimum absolute atomic E-state index is 0.0480. The molecule has 0 spiro atoms. The average Bonchev–Trinajstić information content (AvgIpc) is 2.77. The van der Waals surface area contributed by atoms with Crippen LogP contribution in [-0.4, -0.2) is 47.1 Å². The maximum Gasteiger partial charge on any atom is 0.244 e. The summed E-state index contributed by atoms with van der Waals surface area (Å²) in [6.07, 6.45) is 0.971. The summed E-state index contributed by atoms with van der Waals surface area (Å²) in [5.74, 6) is 0.292. The van der Waals surface area contributed by atoms with E-state index in [0.717, 1.165) is 19.5 Å². The van der Waals surface area contributed by atoms with E-state index in [0.29, 0.717) is 17.3 Å². The van der Waals surface area contributed by atoms with Crippen molar-refractivity contribution in [1.29, 1.82) is 0 Å². The van der Waals surface area contributed by atoms with Crippen molar-refractivity contribution in [2.24, 2.45) is 5.41 Å². The molecule has 1 heterocycles. The highest BCUT2D eigenvalue weighted by Crippen LogP contribution is 2.30. The van der Waals surface area contributed by atoms with E-state index in [1.807, 2.05) is 7.05 Å². The van der Waals surface area contributed by atoms with Gasteiger partial charge in [0, 0.05) is 18.1 Å². The van der Waals surface area contributed by atoms with Gasteiger partial charge in [-0.3, -0.25) is 0 Å². The Labute approximate surface area is 131 Å². The number of methoxy groups -OCH3 is 1. The molecule has 7 heteroatoms. The lowest BCUT2D eigenvalue weighted by atomic mass is 9.90. The monoisotopic (exact) mass is 332 g/mol. The molecule has 1 saturated heterocycles. The van der Waals surface area contributed by atoms with E-state index in [1.54, 1.807) is 12.1 Å². The standard InChI is InChI=1S/C14H21ClN2O3S/c1-14(6-7-17(2)10-14)9-16-21(18,19)13-8-11(15)4-5-12(13)20-3/h4-5,8,16H,6-7,9-10H2,1-3H3/t14-/m0/s1. The molecule has 0 aromatic heterocycles. The summed E-state index contributed by atoms with van der Waals surface area (Å²) in [4.78, 5) is 2.28. The van der Waals surface area contributed by atoms with Gasteiger partial charge in [-0.1, -0.05) is 18.5 Å². The van der Waals surface area contributed by atoms with Crippen molar-refractivity contribution < 1.29 is 13.2 Å². The molecule has 0 saturated carbocycles. The molecule has 1 aromatic rings. The van der Waals surface area contributed by atoms with Crippen LogP contribution in [0.3, 0.4) is 0 Å². The number of halogens is 1. The van der Waals surface area contributed by atoms with Crippen LogP contribution in [0.1, 0.15) is 13.3 Å². The largest absolute Gasteiger partial charge is 0.495 e. The molecule has 1 fully saturated rings. The first kappa shape index (κ1) is 16.5. The molecule has 5 nitrogen and oxygen atoms in total. The number of rotatable bonds is 5. The molecule has 1 aliphatic rings. The summed E-state index contributed by atoms with van der Waals surface area (Å²) >= 11 is 5.90. The van der Waals surface area contributed by atoms with Crippen LogP contribution in [0.2, 0.25) is 5.02 Å². The third-order valence-electron chi connectivity index (χ3n) is 3.85. The van der Waals surface area contributed by atoms with Crippen LogP contribution in [-0.2, 0) is 10.0 Å². The van der Waals surface area contributed by atoms with Gasteiger partial charge in [0.1, 0.15) is 10.6 Å². The summed E-state index contributed by atoms with van der Waals surface area (Å²) in [7, 11) is -0.165. The lowest BCUT2D eigenvalue weighted by Crippen LogP contribution is -2.37. The first-order chi connectivity index (χ1) is 9.76. The van der Waals surface area contributed by atoms with Gasteiger partial charge < -0.3 is 9.64 Å². The highest BCUT2D eigenvalue weighted by Gasteiger charge is 2.33. The number of nitrogens with zero attached hydrogens (tertiary/aromatic N) is 1. The van der Waals surface area contributed by atoms with Gasteiger partial charge in [-0.05, 0) is 43.6 Å². The molecular formula is C14H21ClN2O3S. The normalized spacial score (nSPS) is 23.4. The average molecular weight is 333 g/mol. The number of hydrogen-bond acceptors (Lipinski definition) is 4. The Morgan fingerprint density at radius 3 is 2.76 bits per heavy atom. The van der Waals surface area contributed by atoms with Crippen LogP contribution in [0.5, 0.6) is 5.75 Å². The number of sulfonamides is 1. The predicted molar refractivity (Wildman–Crippen MR) is 83.4 cm³/mol. The molecule has 1 aliphatic heterocycles. The molecule has 0 radical (unpaired) electrons. The second-order valence-electron chi connectivity index (χ2n) is 5.92. The summed E-state index contributed by atoms with van der Waals surface area (Å²) in [6.45, 7) is 4.35.